The Morgan fingerprint density at radius 2 is 1.75 bits per heavy atom. The molecular weight excluding hydrogens is 300 g/mol. The van der Waals surface area contributed by atoms with E-state index in [2.05, 4.69) is 10.2 Å². The molecule has 3 fully saturated rings. The van der Waals surface area contributed by atoms with Crippen LogP contribution < -0.4 is 5.32 Å². The fourth-order valence-corrected chi connectivity index (χ4v) is 4.65. The molecule has 0 aromatic rings. The number of amides is 1. The summed E-state index contributed by atoms with van der Waals surface area (Å²) in [6.07, 6.45) is 14.1. The molecule has 0 aromatic carbocycles. The SMILES string of the molecule is O=C(CCC1CCN(CC2CCCCC2)CC1)NCC1CCCO1. The lowest BCUT2D eigenvalue weighted by Gasteiger charge is -2.35. The van der Waals surface area contributed by atoms with Crippen LogP contribution >= 0.6 is 0 Å². The number of ether oxygens (including phenoxy) is 1. The number of piperidine rings is 1. The third-order valence-corrected chi connectivity index (χ3v) is 6.28. The second-order valence-corrected chi connectivity index (χ2v) is 8.23. The molecule has 4 heteroatoms. The monoisotopic (exact) mass is 336 g/mol. The number of hydrogen-bond acceptors (Lipinski definition) is 3. The number of carbonyl (C=O) groups excluding carboxylic acids is 1. The van der Waals surface area contributed by atoms with Gasteiger partial charge in [0.25, 0.3) is 0 Å². The van der Waals surface area contributed by atoms with E-state index >= 15 is 0 Å². The molecule has 0 spiro atoms. The van der Waals surface area contributed by atoms with Crippen LogP contribution in [-0.4, -0.2) is 49.7 Å². The van der Waals surface area contributed by atoms with Gasteiger partial charge in [-0.25, -0.2) is 0 Å². The van der Waals surface area contributed by atoms with E-state index in [-0.39, 0.29) is 12.0 Å². The molecule has 138 valence electrons. The van der Waals surface area contributed by atoms with Crippen LogP contribution in [0.3, 0.4) is 0 Å². The van der Waals surface area contributed by atoms with Gasteiger partial charge in [-0.15, -0.1) is 0 Å². The van der Waals surface area contributed by atoms with Gasteiger partial charge >= 0.3 is 0 Å². The van der Waals surface area contributed by atoms with Crippen LogP contribution in [0.1, 0.15) is 70.6 Å². The molecule has 4 nitrogen and oxygen atoms in total. The van der Waals surface area contributed by atoms with E-state index in [9.17, 15) is 4.79 Å². The van der Waals surface area contributed by atoms with Crippen molar-refractivity contribution in [1.29, 1.82) is 0 Å². The van der Waals surface area contributed by atoms with E-state index in [1.165, 1.54) is 64.6 Å². The molecule has 1 aliphatic carbocycles. The third kappa shape index (κ3) is 6.03. The summed E-state index contributed by atoms with van der Waals surface area (Å²) in [5.41, 5.74) is 0. The molecule has 24 heavy (non-hydrogen) atoms. The molecule has 2 aliphatic heterocycles. The first-order valence-electron chi connectivity index (χ1n) is 10.4. The Labute approximate surface area is 147 Å². The standard InChI is InChI=1S/C20H36N2O2/c23-20(21-15-19-7-4-14-24-19)9-8-17-10-12-22(13-11-17)16-18-5-2-1-3-6-18/h17-19H,1-16H2,(H,21,23). The minimum absolute atomic E-state index is 0.218. The number of rotatable bonds is 7. The van der Waals surface area contributed by atoms with E-state index in [0.29, 0.717) is 13.0 Å². The summed E-state index contributed by atoms with van der Waals surface area (Å²) in [6.45, 7) is 5.39. The Morgan fingerprint density at radius 3 is 2.46 bits per heavy atom. The maximum atomic E-state index is 12.0. The lowest BCUT2D eigenvalue weighted by atomic mass is 9.87. The van der Waals surface area contributed by atoms with Gasteiger partial charge in [0, 0.05) is 26.1 Å². The minimum Gasteiger partial charge on any atom is -0.376 e. The highest BCUT2D eigenvalue weighted by Crippen LogP contribution is 2.27. The zero-order chi connectivity index (χ0) is 16.6. The summed E-state index contributed by atoms with van der Waals surface area (Å²) in [4.78, 5) is 14.7. The van der Waals surface area contributed by atoms with Gasteiger partial charge in [0.15, 0.2) is 0 Å². The average Bonchev–Trinajstić information content (AvgIpc) is 3.14. The second kappa shape index (κ2) is 9.76. The van der Waals surface area contributed by atoms with Crippen LogP contribution in [0.4, 0.5) is 0 Å². The van der Waals surface area contributed by atoms with Crippen LogP contribution in [0, 0.1) is 11.8 Å². The molecule has 3 rings (SSSR count). The molecule has 0 radical (unpaired) electrons. The zero-order valence-electron chi connectivity index (χ0n) is 15.3. The molecule has 2 heterocycles. The van der Waals surface area contributed by atoms with Gasteiger partial charge in [-0.05, 0) is 69.9 Å². The number of nitrogens with one attached hydrogen (secondary N) is 1. The fourth-order valence-electron chi connectivity index (χ4n) is 4.65. The first kappa shape index (κ1) is 18.2. The molecule has 2 saturated heterocycles. The van der Waals surface area contributed by atoms with Crippen molar-refractivity contribution in [3.05, 3.63) is 0 Å². The number of carbonyl (C=O) groups is 1. The van der Waals surface area contributed by atoms with Crippen molar-refractivity contribution in [2.75, 3.05) is 32.8 Å². The van der Waals surface area contributed by atoms with Crippen molar-refractivity contribution in [1.82, 2.24) is 10.2 Å². The Bertz CT molecular complexity index is 368. The Hall–Kier alpha value is -0.610. The van der Waals surface area contributed by atoms with Gasteiger partial charge in [0.2, 0.25) is 5.91 Å². The molecule has 1 unspecified atom stereocenters. The molecule has 0 bridgehead atoms. The van der Waals surface area contributed by atoms with Gasteiger partial charge < -0.3 is 15.0 Å². The van der Waals surface area contributed by atoms with E-state index < -0.39 is 0 Å². The lowest BCUT2D eigenvalue weighted by Crippen LogP contribution is -2.38. The minimum atomic E-state index is 0.218. The lowest BCUT2D eigenvalue weighted by molar-refractivity contribution is -0.122. The van der Waals surface area contributed by atoms with Gasteiger partial charge in [0.1, 0.15) is 0 Å². The molecular formula is C20H36N2O2. The summed E-state index contributed by atoms with van der Waals surface area (Å²) < 4.78 is 5.55. The van der Waals surface area contributed by atoms with Crippen LogP contribution in [0.15, 0.2) is 0 Å². The molecule has 3 aliphatic rings. The van der Waals surface area contributed by atoms with Crippen LogP contribution in [0.25, 0.3) is 0 Å². The smallest absolute Gasteiger partial charge is 0.220 e. The van der Waals surface area contributed by atoms with Gasteiger partial charge in [-0.2, -0.15) is 0 Å². The Kier molecular flexibility index (Phi) is 7.40. The topological polar surface area (TPSA) is 41.6 Å². The van der Waals surface area contributed by atoms with Crippen molar-refractivity contribution >= 4 is 5.91 Å². The Morgan fingerprint density at radius 1 is 0.958 bits per heavy atom. The molecule has 1 amide bonds. The number of likely N-dealkylation sites (tertiary alicyclic amines) is 1. The van der Waals surface area contributed by atoms with Crippen molar-refractivity contribution < 1.29 is 9.53 Å². The second-order valence-electron chi connectivity index (χ2n) is 8.23. The quantitative estimate of drug-likeness (QED) is 0.775. The maximum absolute atomic E-state index is 12.0. The van der Waals surface area contributed by atoms with Crippen molar-refractivity contribution in [3.8, 4) is 0 Å². The van der Waals surface area contributed by atoms with Crippen molar-refractivity contribution in [2.24, 2.45) is 11.8 Å². The molecule has 1 atom stereocenters. The van der Waals surface area contributed by atoms with Gasteiger partial charge in [-0.3, -0.25) is 4.79 Å². The third-order valence-electron chi connectivity index (χ3n) is 6.28. The largest absolute Gasteiger partial charge is 0.376 e. The van der Waals surface area contributed by atoms with Gasteiger partial charge in [-0.1, -0.05) is 19.3 Å². The van der Waals surface area contributed by atoms with Crippen LogP contribution in [-0.2, 0) is 9.53 Å². The summed E-state index contributed by atoms with van der Waals surface area (Å²) in [6, 6.07) is 0. The Balaban J connectivity index is 1.24. The van der Waals surface area contributed by atoms with Crippen molar-refractivity contribution in [2.45, 2.75) is 76.7 Å². The molecule has 1 saturated carbocycles. The highest BCUT2D eigenvalue weighted by Gasteiger charge is 2.23. The summed E-state index contributed by atoms with van der Waals surface area (Å²) in [5.74, 6) is 1.93. The first-order valence-corrected chi connectivity index (χ1v) is 10.4. The average molecular weight is 337 g/mol. The highest BCUT2D eigenvalue weighted by atomic mass is 16.5. The summed E-state index contributed by atoms with van der Waals surface area (Å²) in [7, 11) is 0. The van der Waals surface area contributed by atoms with Crippen molar-refractivity contribution in [3.63, 3.8) is 0 Å². The van der Waals surface area contributed by atoms with E-state index in [0.717, 1.165) is 37.7 Å². The fraction of sp³-hybridized carbons (Fsp3) is 0.950. The summed E-state index contributed by atoms with van der Waals surface area (Å²) in [5, 5.41) is 3.05. The number of nitrogens with zero attached hydrogens (tertiary/aromatic N) is 1. The normalized spacial score (nSPS) is 27.4. The molecule has 0 aromatic heterocycles. The highest BCUT2D eigenvalue weighted by molar-refractivity contribution is 5.75. The van der Waals surface area contributed by atoms with E-state index in [4.69, 9.17) is 4.74 Å². The van der Waals surface area contributed by atoms with Crippen LogP contribution in [0.2, 0.25) is 0 Å². The van der Waals surface area contributed by atoms with Crippen LogP contribution in [0.5, 0.6) is 0 Å². The first-order chi connectivity index (χ1) is 11.8. The van der Waals surface area contributed by atoms with E-state index in [1.807, 2.05) is 0 Å². The predicted octanol–water partition coefficient (Wildman–Crippen LogP) is 3.35. The van der Waals surface area contributed by atoms with Gasteiger partial charge in [0.05, 0.1) is 6.10 Å². The van der Waals surface area contributed by atoms with E-state index in [1.54, 1.807) is 0 Å². The number of hydrogen-bond donors (Lipinski definition) is 1. The summed E-state index contributed by atoms with van der Waals surface area (Å²) >= 11 is 0. The maximum Gasteiger partial charge on any atom is 0.220 e. The predicted molar refractivity (Wildman–Crippen MR) is 97.0 cm³/mol. The zero-order valence-corrected chi connectivity index (χ0v) is 15.3. The molecule has 1 N–H and O–H groups in total.